The average Bonchev–Trinajstić information content (AvgIpc) is 2.38. The van der Waals surface area contributed by atoms with E-state index in [9.17, 15) is 4.79 Å². The molecule has 0 atom stereocenters. The Morgan fingerprint density at radius 3 is 2.74 bits per heavy atom. The SMILES string of the molecule is COCCN(CCO)Cc1ccc(C(N)=O)cc1Cl. The van der Waals surface area contributed by atoms with Crippen molar-refractivity contribution in [2.45, 2.75) is 6.54 Å². The number of hydrogen-bond acceptors (Lipinski definition) is 4. The predicted molar refractivity (Wildman–Crippen MR) is 74.2 cm³/mol. The molecule has 106 valence electrons. The lowest BCUT2D eigenvalue weighted by Crippen LogP contribution is -2.30. The van der Waals surface area contributed by atoms with E-state index in [4.69, 9.17) is 27.2 Å². The van der Waals surface area contributed by atoms with Crippen molar-refractivity contribution in [1.29, 1.82) is 0 Å². The number of primary amides is 1. The van der Waals surface area contributed by atoms with Crippen LogP contribution in [0.1, 0.15) is 15.9 Å². The van der Waals surface area contributed by atoms with E-state index in [0.717, 1.165) is 5.56 Å². The molecule has 0 heterocycles. The van der Waals surface area contributed by atoms with Crippen LogP contribution in [-0.2, 0) is 11.3 Å². The largest absolute Gasteiger partial charge is 0.395 e. The normalized spacial score (nSPS) is 10.9. The van der Waals surface area contributed by atoms with Crippen LogP contribution in [0.2, 0.25) is 5.02 Å². The van der Waals surface area contributed by atoms with Gasteiger partial charge in [0.15, 0.2) is 0 Å². The molecule has 0 aliphatic heterocycles. The van der Waals surface area contributed by atoms with Crippen molar-refractivity contribution >= 4 is 17.5 Å². The number of carbonyl (C=O) groups is 1. The van der Waals surface area contributed by atoms with Crippen LogP contribution in [0.15, 0.2) is 18.2 Å². The number of halogens is 1. The lowest BCUT2D eigenvalue weighted by Gasteiger charge is -2.21. The molecule has 1 aromatic rings. The molecule has 0 aromatic heterocycles. The lowest BCUT2D eigenvalue weighted by atomic mass is 10.1. The van der Waals surface area contributed by atoms with Gasteiger partial charge in [-0.15, -0.1) is 0 Å². The van der Waals surface area contributed by atoms with Gasteiger partial charge in [-0.05, 0) is 17.7 Å². The van der Waals surface area contributed by atoms with Gasteiger partial charge in [0.2, 0.25) is 5.91 Å². The molecule has 3 N–H and O–H groups in total. The van der Waals surface area contributed by atoms with E-state index < -0.39 is 5.91 Å². The standard InChI is InChI=1S/C13H19ClN2O3/c1-19-7-5-16(4-6-17)9-11-3-2-10(13(15)18)8-12(11)14/h2-3,8,17H,4-7,9H2,1H3,(H2,15,18). The molecule has 0 bridgehead atoms. The summed E-state index contributed by atoms with van der Waals surface area (Å²) in [5.74, 6) is -0.500. The second kappa shape index (κ2) is 8.12. The molecule has 5 nitrogen and oxygen atoms in total. The van der Waals surface area contributed by atoms with E-state index in [2.05, 4.69) is 0 Å². The summed E-state index contributed by atoms with van der Waals surface area (Å²) in [7, 11) is 1.63. The summed E-state index contributed by atoms with van der Waals surface area (Å²) >= 11 is 6.12. The van der Waals surface area contributed by atoms with E-state index in [1.54, 1.807) is 25.3 Å². The van der Waals surface area contributed by atoms with Crippen LogP contribution in [0, 0.1) is 0 Å². The van der Waals surface area contributed by atoms with Gasteiger partial charge < -0.3 is 15.6 Å². The number of benzene rings is 1. The number of aliphatic hydroxyl groups excluding tert-OH is 1. The maximum Gasteiger partial charge on any atom is 0.248 e. The molecule has 0 spiro atoms. The summed E-state index contributed by atoms with van der Waals surface area (Å²) in [5, 5.41) is 9.52. The lowest BCUT2D eigenvalue weighted by molar-refractivity contribution is 0.100. The molecule has 0 unspecified atom stereocenters. The number of hydrogen-bond donors (Lipinski definition) is 2. The maximum atomic E-state index is 11.0. The molecule has 0 fully saturated rings. The zero-order valence-corrected chi connectivity index (χ0v) is 11.7. The van der Waals surface area contributed by atoms with E-state index in [1.807, 2.05) is 4.90 Å². The summed E-state index contributed by atoms with van der Waals surface area (Å²) in [6.07, 6.45) is 0. The number of ether oxygens (including phenoxy) is 1. The number of aliphatic hydroxyl groups is 1. The van der Waals surface area contributed by atoms with Crippen LogP contribution in [0.4, 0.5) is 0 Å². The molecule has 0 aliphatic rings. The first-order chi connectivity index (χ1) is 9.08. The molecule has 1 aromatic carbocycles. The molecular weight excluding hydrogens is 268 g/mol. The van der Waals surface area contributed by atoms with Crippen LogP contribution in [0.3, 0.4) is 0 Å². The highest BCUT2D eigenvalue weighted by atomic mass is 35.5. The van der Waals surface area contributed by atoms with E-state index in [1.165, 1.54) is 0 Å². The van der Waals surface area contributed by atoms with Crippen molar-refractivity contribution in [3.63, 3.8) is 0 Å². The van der Waals surface area contributed by atoms with Crippen LogP contribution in [0.25, 0.3) is 0 Å². The summed E-state index contributed by atoms with van der Waals surface area (Å²) in [4.78, 5) is 13.1. The fourth-order valence-electron chi connectivity index (χ4n) is 1.70. The van der Waals surface area contributed by atoms with Crippen LogP contribution in [0.5, 0.6) is 0 Å². The Kier molecular flexibility index (Phi) is 6.80. The van der Waals surface area contributed by atoms with Gasteiger partial charge in [-0.3, -0.25) is 9.69 Å². The van der Waals surface area contributed by atoms with Gasteiger partial charge in [-0.1, -0.05) is 17.7 Å². The monoisotopic (exact) mass is 286 g/mol. The van der Waals surface area contributed by atoms with Gasteiger partial charge >= 0.3 is 0 Å². The first-order valence-electron chi connectivity index (χ1n) is 5.99. The Morgan fingerprint density at radius 1 is 1.47 bits per heavy atom. The fraction of sp³-hybridized carbons (Fsp3) is 0.462. The number of carbonyl (C=O) groups excluding carboxylic acids is 1. The summed E-state index contributed by atoms with van der Waals surface area (Å²) in [6, 6.07) is 4.99. The minimum atomic E-state index is -0.500. The third kappa shape index (κ3) is 5.16. The van der Waals surface area contributed by atoms with Crippen molar-refractivity contribution in [2.75, 3.05) is 33.4 Å². The number of amides is 1. The zero-order valence-electron chi connectivity index (χ0n) is 10.9. The topological polar surface area (TPSA) is 75.8 Å². The number of nitrogens with two attached hydrogens (primary N) is 1. The number of rotatable bonds is 8. The van der Waals surface area contributed by atoms with Crippen molar-refractivity contribution in [2.24, 2.45) is 5.73 Å². The van der Waals surface area contributed by atoms with E-state index in [0.29, 0.717) is 36.8 Å². The first-order valence-corrected chi connectivity index (χ1v) is 6.36. The van der Waals surface area contributed by atoms with Crippen molar-refractivity contribution in [1.82, 2.24) is 4.90 Å². The highest BCUT2D eigenvalue weighted by Gasteiger charge is 2.10. The van der Waals surface area contributed by atoms with Crippen molar-refractivity contribution in [3.05, 3.63) is 34.3 Å². The Morgan fingerprint density at radius 2 is 2.21 bits per heavy atom. The van der Waals surface area contributed by atoms with Crippen molar-refractivity contribution < 1.29 is 14.6 Å². The Bertz CT molecular complexity index is 426. The Labute approximate surface area is 117 Å². The van der Waals surface area contributed by atoms with Gasteiger partial charge in [-0.2, -0.15) is 0 Å². The second-order valence-corrected chi connectivity index (χ2v) is 4.57. The minimum Gasteiger partial charge on any atom is -0.395 e. The highest BCUT2D eigenvalue weighted by molar-refractivity contribution is 6.31. The summed E-state index contributed by atoms with van der Waals surface area (Å²) in [5.41, 5.74) is 6.46. The molecule has 0 saturated heterocycles. The third-order valence-corrected chi connectivity index (χ3v) is 3.11. The first kappa shape index (κ1) is 15.9. The molecule has 1 rings (SSSR count). The number of nitrogens with zero attached hydrogens (tertiary/aromatic N) is 1. The molecule has 0 radical (unpaired) electrons. The molecule has 0 saturated carbocycles. The number of methoxy groups -OCH3 is 1. The van der Waals surface area contributed by atoms with Gasteiger partial charge in [-0.25, -0.2) is 0 Å². The van der Waals surface area contributed by atoms with Crippen LogP contribution in [-0.4, -0.2) is 49.3 Å². The minimum absolute atomic E-state index is 0.0701. The van der Waals surface area contributed by atoms with E-state index in [-0.39, 0.29) is 6.61 Å². The van der Waals surface area contributed by atoms with Gasteiger partial charge in [0, 0.05) is 37.3 Å². The third-order valence-electron chi connectivity index (χ3n) is 2.76. The quantitative estimate of drug-likeness (QED) is 0.744. The van der Waals surface area contributed by atoms with Gasteiger partial charge in [0.05, 0.1) is 13.2 Å². The fourth-order valence-corrected chi connectivity index (χ4v) is 1.94. The zero-order chi connectivity index (χ0) is 14.3. The smallest absolute Gasteiger partial charge is 0.248 e. The van der Waals surface area contributed by atoms with Gasteiger partial charge in [0.25, 0.3) is 0 Å². The second-order valence-electron chi connectivity index (χ2n) is 4.16. The van der Waals surface area contributed by atoms with E-state index >= 15 is 0 Å². The van der Waals surface area contributed by atoms with Crippen LogP contribution >= 0.6 is 11.6 Å². The predicted octanol–water partition coefficient (Wildman–Crippen LogP) is 0.880. The molecular formula is C13H19ClN2O3. The Balaban J connectivity index is 2.75. The Hall–Kier alpha value is -1.14. The summed E-state index contributed by atoms with van der Waals surface area (Å²) < 4.78 is 5.02. The van der Waals surface area contributed by atoms with Crippen LogP contribution < -0.4 is 5.73 Å². The summed E-state index contributed by atoms with van der Waals surface area (Å²) in [6.45, 7) is 2.47. The molecule has 0 aliphatic carbocycles. The average molecular weight is 287 g/mol. The molecule has 6 heteroatoms. The maximum absolute atomic E-state index is 11.0. The van der Waals surface area contributed by atoms with Gasteiger partial charge in [0.1, 0.15) is 0 Å². The molecule has 19 heavy (non-hydrogen) atoms. The highest BCUT2D eigenvalue weighted by Crippen LogP contribution is 2.19. The van der Waals surface area contributed by atoms with Crippen molar-refractivity contribution in [3.8, 4) is 0 Å². The molecule has 1 amide bonds.